The Morgan fingerprint density at radius 3 is 2.41 bits per heavy atom. The summed E-state index contributed by atoms with van der Waals surface area (Å²) < 4.78 is 0.925. The summed E-state index contributed by atoms with van der Waals surface area (Å²) in [6.07, 6.45) is 2.38. The number of halogens is 1. The van der Waals surface area contributed by atoms with E-state index in [0.717, 1.165) is 45.5 Å². The van der Waals surface area contributed by atoms with E-state index in [1.54, 1.807) is 0 Å². The van der Waals surface area contributed by atoms with Gasteiger partial charge >= 0.3 is 0 Å². The summed E-state index contributed by atoms with van der Waals surface area (Å²) in [5.74, 6) is 1.44. The molecule has 6 nitrogen and oxygen atoms in total. The van der Waals surface area contributed by atoms with Gasteiger partial charge in [0.15, 0.2) is 0 Å². The van der Waals surface area contributed by atoms with Crippen LogP contribution in [-0.4, -0.2) is 29.0 Å². The number of benzene rings is 2. The number of carbonyl (C=O) groups excluding carboxylic acids is 1. The average molecular weight is 499 g/mol. The highest BCUT2D eigenvalue weighted by Gasteiger charge is 2.16. The Labute approximate surface area is 183 Å². The van der Waals surface area contributed by atoms with Crippen molar-refractivity contribution >= 4 is 51.6 Å². The molecular weight excluding hydrogens is 477 g/mol. The van der Waals surface area contributed by atoms with Crippen LogP contribution in [0, 0.1) is 10.5 Å². The van der Waals surface area contributed by atoms with Gasteiger partial charge in [0.05, 0.1) is 5.56 Å². The molecule has 2 N–H and O–H groups in total. The third-order valence-electron chi connectivity index (χ3n) is 4.76. The SMILES string of the molecule is Cc1cc(Nc2ccc(NC(=O)c3ccccc3I)cc2)nc(N2CCCC2)n1. The van der Waals surface area contributed by atoms with Crippen LogP contribution in [0.2, 0.25) is 0 Å². The van der Waals surface area contributed by atoms with Crippen LogP contribution in [0.5, 0.6) is 0 Å². The van der Waals surface area contributed by atoms with Gasteiger partial charge in [-0.1, -0.05) is 12.1 Å². The van der Waals surface area contributed by atoms with Crippen LogP contribution >= 0.6 is 22.6 Å². The lowest BCUT2D eigenvalue weighted by Crippen LogP contribution is -2.21. The quantitative estimate of drug-likeness (QED) is 0.485. The molecule has 1 aliphatic heterocycles. The molecule has 4 rings (SSSR count). The monoisotopic (exact) mass is 499 g/mol. The van der Waals surface area contributed by atoms with Crippen molar-refractivity contribution in [1.82, 2.24) is 9.97 Å². The zero-order chi connectivity index (χ0) is 20.2. The van der Waals surface area contributed by atoms with Gasteiger partial charge in [0.25, 0.3) is 5.91 Å². The fourth-order valence-corrected chi connectivity index (χ4v) is 3.94. The number of amides is 1. The second-order valence-electron chi connectivity index (χ2n) is 7.03. The van der Waals surface area contributed by atoms with E-state index in [-0.39, 0.29) is 5.91 Å². The minimum absolute atomic E-state index is 0.114. The number of anilines is 4. The molecule has 1 fully saturated rings. The standard InChI is InChI=1S/C22H22IN5O/c1-15-14-20(27-22(24-15)28-12-4-5-13-28)25-16-8-10-17(11-9-16)26-21(29)18-6-2-3-7-19(18)23/h2-3,6-11,14H,4-5,12-13H2,1H3,(H,26,29)(H,24,25,27). The van der Waals surface area contributed by atoms with Crippen LogP contribution in [0.25, 0.3) is 0 Å². The molecule has 0 aliphatic carbocycles. The lowest BCUT2D eigenvalue weighted by molar-refractivity contribution is 0.102. The van der Waals surface area contributed by atoms with Gasteiger partial charge in [-0.05, 0) is 78.8 Å². The van der Waals surface area contributed by atoms with Gasteiger partial charge in [-0.25, -0.2) is 4.98 Å². The first-order valence-corrected chi connectivity index (χ1v) is 10.7. The fraction of sp³-hybridized carbons (Fsp3) is 0.227. The summed E-state index contributed by atoms with van der Waals surface area (Å²) >= 11 is 2.17. The van der Waals surface area contributed by atoms with Gasteiger partial charge in [-0.15, -0.1) is 0 Å². The van der Waals surface area contributed by atoms with Gasteiger partial charge in [0, 0.05) is 39.8 Å². The predicted octanol–water partition coefficient (Wildman–Crippen LogP) is 4.99. The molecule has 29 heavy (non-hydrogen) atoms. The van der Waals surface area contributed by atoms with Crippen molar-refractivity contribution in [2.24, 2.45) is 0 Å². The van der Waals surface area contributed by atoms with Crippen molar-refractivity contribution in [2.45, 2.75) is 19.8 Å². The highest BCUT2D eigenvalue weighted by atomic mass is 127. The van der Waals surface area contributed by atoms with Crippen LogP contribution < -0.4 is 15.5 Å². The van der Waals surface area contributed by atoms with E-state index < -0.39 is 0 Å². The molecule has 3 aromatic rings. The van der Waals surface area contributed by atoms with Gasteiger partial charge in [0.2, 0.25) is 5.95 Å². The number of rotatable bonds is 5. The van der Waals surface area contributed by atoms with Crippen molar-refractivity contribution in [1.29, 1.82) is 0 Å². The summed E-state index contributed by atoms with van der Waals surface area (Å²) in [6, 6.07) is 17.1. The number of aryl methyl sites for hydroxylation is 1. The molecule has 2 aromatic carbocycles. The molecule has 1 aliphatic rings. The summed E-state index contributed by atoms with van der Waals surface area (Å²) in [4.78, 5) is 23.9. The number of carbonyl (C=O) groups is 1. The average Bonchev–Trinajstić information content (AvgIpc) is 3.24. The van der Waals surface area contributed by atoms with Crippen molar-refractivity contribution in [3.8, 4) is 0 Å². The number of hydrogen-bond donors (Lipinski definition) is 2. The first-order chi connectivity index (χ1) is 14.1. The summed E-state index contributed by atoms with van der Waals surface area (Å²) in [5, 5.41) is 6.28. The third kappa shape index (κ3) is 4.84. The molecule has 0 radical (unpaired) electrons. The van der Waals surface area contributed by atoms with Crippen molar-refractivity contribution in [3.05, 3.63) is 69.4 Å². The molecule has 0 saturated carbocycles. The van der Waals surface area contributed by atoms with Gasteiger partial charge in [-0.3, -0.25) is 4.79 Å². The van der Waals surface area contributed by atoms with Gasteiger partial charge in [0.1, 0.15) is 5.82 Å². The Morgan fingerprint density at radius 2 is 1.69 bits per heavy atom. The molecule has 7 heteroatoms. The molecule has 0 bridgehead atoms. The zero-order valence-corrected chi connectivity index (χ0v) is 18.3. The topological polar surface area (TPSA) is 70.2 Å². The smallest absolute Gasteiger partial charge is 0.256 e. The van der Waals surface area contributed by atoms with E-state index >= 15 is 0 Å². The van der Waals surface area contributed by atoms with Crippen molar-refractivity contribution in [2.75, 3.05) is 28.6 Å². The Bertz CT molecular complexity index is 1020. The lowest BCUT2D eigenvalue weighted by Gasteiger charge is -2.17. The Morgan fingerprint density at radius 1 is 1.00 bits per heavy atom. The number of aromatic nitrogens is 2. The van der Waals surface area contributed by atoms with E-state index in [9.17, 15) is 4.79 Å². The minimum Gasteiger partial charge on any atom is -0.341 e. The van der Waals surface area contributed by atoms with Crippen LogP contribution in [0.15, 0.2) is 54.6 Å². The minimum atomic E-state index is -0.114. The molecule has 1 amide bonds. The lowest BCUT2D eigenvalue weighted by atomic mass is 10.2. The maximum Gasteiger partial charge on any atom is 0.256 e. The maximum absolute atomic E-state index is 12.5. The second kappa shape index (κ2) is 8.77. The van der Waals surface area contributed by atoms with Crippen molar-refractivity contribution in [3.63, 3.8) is 0 Å². The first kappa shape index (κ1) is 19.6. The largest absolute Gasteiger partial charge is 0.341 e. The van der Waals surface area contributed by atoms with Crippen LogP contribution in [0.3, 0.4) is 0 Å². The molecule has 1 aromatic heterocycles. The van der Waals surface area contributed by atoms with E-state index in [1.807, 2.05) is 61.5 Å². The highest BCUT2D eigenvalue weighted by molar-refractivity contribution is 14.1. The predicted molar refractivity (Wildman–Crippen MR) is 125 cm³/mol. The van der Waals surface area contributed by atoms with Crippen LogP contribution in [-0.2, 0) is 0 Å². The maximum atomic E-state index is 12.5. The summed E-state index contributed by atoms with van der Waals surface area (Å²) in [6.45, 7) is 4.01. The number of nitrogens with zero attached hydrogens (tertiary/aromatic N) is 3. The van der Waals surface area contributed by atoms with E-state index in [1.165, 1.54) is 12.8 Å². The number of hydrogen-bond acceptors (Lipinski definition) is 5. The van der Waals surface area contributed by atoms with E-state index in [4.69, 9.17) is 0 Å². The Kier molecular flexibility index (Phi) is 5.94. The molecule has 148 valence electrons. The Hall–Kier alpha value is -2.68. The van der Waals surface area contributed by atoms with Crippen molar-refractivity contribution < 1.29 is 4.79 Å². The first-order valence-electron chi connectivity index (χ1n) is 9.62. The third-order valence-corrected chi connectivity index (χ3v) is 5.71. The molecule has 0 unspecified atom stereocenters. The van der Waals surface area contributed by atoms with E-state index in [0.29, 0.717) is 5.56 Å². The highest BCUT2D eigenvalue weighted by Crippen LogP contribution is 2.22. The van der Waals surface area contributed by atoms with Gasteiger partial charge < -0.3 is 15.5 Å². The number of nitrogens with one attached hydrogen (secondary N) is 2. The second-order valence-corrected chi connectivity index (χ2v) is 8.19. The van der Waals surface area contributed by atoms with Crippen LogP contribution in [0.4, 0.5) is 23.1 Å². The zero-order valence-electron chi connectivity index (χ0n) is 16.2. The van der Waals surface area contributed by atoms with Gasteiger partial charge in [-0.2, -0.15) is 4.98 Å². The fourth-order valence-electron chi connectivity index (χ4n) is 3.30. The Balaban J connectivity index is 1.45. The molecular formula is C22H22IN5O. The summed E-state index contributed by atoms with van der Waals surface area (Å²) in [5.41, 5.74) is 3.26. The molecule has 0 spiro atoms. The molecule has 0 atom stereocenters. The normalized spacial score (nSPS) is 13.4. The molecule has 1 saturated heterocycles. The summed E-state index contributed by atoms with van der Waals surface area (Å²) in [7, 11) is 0. The van der Waals surface area contributed by atoms with Crippen LogP contribution in [0.1, 0.15) is 28.9 Å². The molecule has 2 heterocycles. The van der Waals surface area contributed by atoms with E-state index in [2.05, 4.69) is 48.1 Å².